The molecule has 2 aliphatic rings. The Labute approximate surface area is 142 Å². The first-order chi connectivity index (χ1) is 11.5. The number of aromatic nitrogens is 3. The van der Waals surface area contributed by atoms with Crippen LogP contribution in [0.5, 0.6) is 0 Å². The van der Waals surface area contributed by atoms with Gasteiger partial charge in [-0.3, -0.25) is 14.5 Å². The highest BCUT2D eigenvalue weighted by atomic mass is 16.2. The van der Waals surface area contributed by atoms with Gasteiger partial charge in [-0.1, -0.05) is 26.0 Å². The van der Waals surface area contributed by atoms with E-state index in [1.54, 1.807) is 9.58 Å². The molecule has 0 unspecified atom stereocenters. The number of nitrogens with one attached hydrogen (secondary N) is 1. The summed E-state index contributed by atoms with van der Waals surface area (Å²) in [5, 5.41) is 11.0. The van der Waals surface area contributed by atoms with Gasteiger partial charge in [-0.2, -0.15) is 0 Å². The number of amides is 2. The van der Waals surface area contributed by atoms with Crippen LogP contribution in [0.4, 0.5) is 0 Å². The number of hydrogen-bond acceptors (Lipinski definition) is 5. The summed E-state index contributed by atoms with van der Waals surface area (Å²) in [7, 11) is 0. The van der Waals surface area contributed by atoms with Crippen molar-refractivity contribution in [2.45, 2.75) is 39.8 Å². The highest BCUT2D eigenvalue weighted by molar-refractivity contribution is 6.05. The van der Waals surface area contributed by atoms with Gasteiger partial charge in [0.15, 0.2) is 11.4 Å². The van der Waals surface area contributed by atoms with Gasteiger partial charge in [0.1, 0.15) is 0 Å². The van der Waals surface area contributed by atoms with Crippen molar-refractivity contribution >= 4 is 11.8 Å². The monoisotopic (exact) mass is 334 g/mol. The first kappa shape index (κ1) is 16.9. The molecule has 0 radical (unpaired) electrons. The first-order valence-corrected chi connectivity index (χ1v) is 8.77. The first-order valence-electron chi connectivity index (χ1n) is 8.77. The molecule has 3 heterocycles. The minimum atomic E-state index is -0.252. The molecule has 132 valence electrons. The molecule has 3 rings (SSSR count). The van der Waals surface area contributed by atoms with Gasteiger partial charge in [-0.05, 0) is 18.9 Å². The number of carbonyl (C=O) groups excluding carboxylic acids is 2. The van der Waals surface area contributed by atoms with Crippen LogP contribution in [0, 0.1) is 5.92 Å². The van der Waals surface area contributed by atoms with Crippen molar-refractivity contribution in [1.29, 1.82) is 0 Å². The Morgan fingerprint density at radius 2 is 2.00 bits per heavy atom. The zero-order chi connectivity index (χ0) is 17.3. The average molecular weight is 334 g/mol. The lowest BCUT2D eigenvalue weighted by Crippen LogP contribution is -2.50. The minimum Gasteiger partial charge on any atom is -0.346 e. The average Bonchev–Trinajstić information content (AvgIpc) is 2.99. The molecule has 1 aromatic heterocycles. The van der Waals surface area contributed by atoms with Crippen LogP contribution in [0.15, 0.2) is 0 Å². The second kappa shape index (κ2) is 6.88. The van der Waals surface area contributed by atoms with E-state index in [-0.39, 0.29) is 23.6 Å². The quantitative estimate of drug-likeness (QED) is 0.851. The second-order valence-corrected chi connectivity index (χ2v) is 6.93. The number of piperazine rings is 1. The Morgan fingerprint density at radius 3 is 2.62 bits per heavy atom. The van der Waals surface area contributed by atoms with Crippen LogP contribution in [0.3, 0.4) is 0 Å². The van der Waals surface area contributed by atoms with Gasteiger partial charge in [0.25, 0.3) is 11.8 Å². The highest BCUT2D eigenvalue weighted by Gasteiger charge is 2.35. The van der Waals surface area contributed by atoms with Crippen molar-refractivity contribution in [1.82, 2.24) is 30.1 Å². The molecule has 1 aromatic rings. The lowest BCUT2D eigenvalue weighted by molar-refractivity contribution is 0.0625. The van der Waals surface area contributed by atoms with Crippen LogP contribution in [0.2, 0.25) is 0 Å². The van der Waals surface area contributed by atoms with Crippen molar-refractivity contribution in [2.75, 3.05) is 32.7 Å². The molecule has 0 bridgehead atoms. The van der Waals surface area contributed by atoms with Crippen molar-refractivity contribution in [3.05, 3.63) is 11.4 Å². The van der Waals surface area contributed by atoms with E-state index in [2.05, 4.69) is 41.3 Å². The molecule has 0 saturated carbocycles. The highest BCUT2D eigenvalue weighted by Crippen LogP contribution is 2.17. The molecular formula is C16H26N6O2. The van der Waals surface area contributed by atoms with E-state index in [1.807, 2.05) is 0 Å². The number of carbonyl (C=O) groups is 2. The Kier molecular flexibility index (Phi) is 4.84. The molecule has 1 atom stereocenters. The molecule has 0 aromatic carbocycles. The molecule has 2 amide bonds. The molecule has 0 aliphatic carbocycles. The summed E-state index contributed by atoms with van der Waals surface area (Å²) >= 11 is 0. The number of fused-ring (bicyclic) bond motifs is 1. The van der Waals surface area contributed by atoms with Crippen LogP contribution in [0.1, 0.15) is 48.2 Å². The summed E-state index contributed by atoms with van der Waals surface area (Å²) in [5.41, 5.74) is 0.478. The standard InChI is InChI=1S/C16H26N6O2/c1-4-5-20-6-8-21(9-7-20)16(24)13-14-15(23)17-12(11(2)3)10-22(14)19-18-13/h11-12H,4-10H2,1-3H3,(H,17,23)/t12-/m1/s1. The summed E-state index contributed by atoms with van der Waals surface area (Å²) in [6, 6.07) is 0.0206. The third-order valence-corrected chi connectivity index (χ3v) is 4.84. The lowest BCUT2D eigenvalue weighted by atomic mass is 10.0. The van der Waals surface area contributed by atoms with Gasteiger partial charge in [0.2, 0.25) is 0 Å². The molecule has 2 aliphatic heterocycles. The number of hydrogen-bond donors (Lipinski definition) is 1. The lowest BCUT2D eigenvalue weighted by Gasteiger charge is -2.34. The Bertz CT molecular complexity index is 618. The second-order valence-electron chi connectivity index (χ2n) is 6.93. The van der Waals surface area contributed by atoms with Crippen LogP contribution >= 0.6 is 0 Å². The van der Waals surface area contributed by atoms with Crippen molar-refractivity contribution < 1.29 is 9.59 Å². The van der Waals surface area contributed by atoms with E-state index in [0.717, 1.165) is 26.1 Å². The van der Waals surface area contributed by atoms with Gasteiger partial charge in [-0.25, -0.2) is 4.68 Å². The zero-order valence-electron chi connectivity index (χ0n) is 14.7. The van der Waals surface area contributed by atoms with E-state index in [1.165, 1.54) is 0 Å². The Hall–Kier alpha value is -1.96. The number of nitrogens with zero attached hydrogens (tertiary/aromatic N) is 5. The van der Waals surface area contributed by atoms with Crippen LogP contribution in [-0.2, 0) is 6.54 Å². The molecule has 24 heavy (non-hydrogen) atoms. The van der Waals surface area contributed by atoms with E-state index in [4.69, 9.17) is 0 Å². The Morgan fingerprint density at radius 1 is 1.29 bits per heavy atom. The van der Waals surface area contributed by atoms with E-state index in [9.17, 15) is 9.59 Å². The zero-order valence-corrected chi connectivity index (χ0v) is 14.7. The van der Waals surface area contributed by atoms with Gasteiger partial charge < -0.3 is 10.2 Å². The van der Waals surface area contributed by atoms with Crippen LogP contribution in [0.25, 0.3) is 0 Å². The SMILES string of the molecule is CCCN1CCN(C(=O)c2nnn3c2C(=O)N[C@@H](C(C)C)C3)CC1. The maximum absolute atomic E-state index is 12.8. The molecule has 1 saturated heterocycles. The summed E-state index contributed by atoms with van der Waals surface area (Å²) < 4.78 is 1.57. The van der Waals surface area contributed by atoms with Crippen molar-refractivity contribution in [3.63, 3.8) is 0 Å². The normalized spacial score (nSPS) is 21.8. The topological polar surface area (TPSA) is 83.4 Å². The summed E-state index contributed by atoms with van der Waals surface area (Å²) in [4.78, 5) is 29.3. The predicted molar refractivity (Wildman–Crippen MR) is 88.7 cm³/mol. The summed E-state index contributed by atoms with van der Waals surface area (Å²) in [6.45, 7) is 10.9. The van der Waals surface area contributed by atoms with Gasteiger partial charge in [-0.15, -0.1) is 5.10 Å². The summed E-state index contributed by atoms with van der Waals surface area (Å²) in [6.07, 6.45) is 1.11. The smallest absolute Gasteiger partial charge is 0.276 e. The minimum absolute atomic E-state index is 0.0206. The van der Waals surface area contributed by atoms with Crippen molar-refractivity contribution in [3.8, 4) is 0 Å². The third kappa shape index (κ3) is 3.15. The van der Waals surface area contributed by atoms with Crippen LogP contribution in [-0.4, -0.2) is 75.4 Å². The maximum atomic E-state index is 12.8. The van der Waals surface area contributed by atoms with Crippen LogP contribution < -0.4 is 5.32 Å². The maximum Gasteiger partial charge on any atom is 0.276 e. The fourth-order valence-electron chi connectivity index (χ4n) is 3.30. The van der Waals surface area contributed by atoms with Gasteiger partial charge >= 0.3 is 0 Å². The largest absolute Gasteiger partial charge is 0.346 e. The predicted octanol–water partition coefficient (Wildman–Crippen LogP) is 0.214. The van der Waals surface area contributed by atoms with Gasteiger partial charge in [0.05, 0.1) is 12.6 Å². The fourth-order valence-corrected chi connectivity index (χ4v) is 3.30. The van der Waals surface area contributed by atoms with Crippen molar-refractivity contribution in [2.24, 2.45) is 5.92 Å². The molecule has 0 spiro atoms. The van der Waals surface area contributed by atoms with Gasteiger partial charge in [0, 0.05) is 26.2 Å². The van der Waals surface area contributed by atoms with E-state index in [0.29, 0.717) is 31.2 Å². The fraction of sp³-hybridized carbons (Fsp3) is 0.750. The van der Waals surface area contributed by atoms with E-state index >= 15 is 0 Å². The molecule has 1 N–H and O–H groups in total. The molecule has 1 fully saturated rings. The number of rotatable bonds is 4. The third-order valence-electron chi connectivity index (χ3n) is 4.84. The van der Waals surface area contributed by atoms with E-state index < -0.39 is 0 Å². The Balaban J connectivity index is 1.73. The molecule has 8 heteroatoms. The molecular weight excluding hydrogens is 308 g/mol. The summed E-state index contributed by atoms with van der Waals surface area (Å²) in [5.74, 6) is -0.138. The molecule has 8 nitrogen and oxygen atoms in total.